The number of hydrogen-bond acceptors (Lipinski definition) is 2. The van der Waals surface area contributed by atoms with Crippen LogP contribution in [0.15, 0.2) is 170 Å². The van der Waals surface area contributed by atoms with E-state index >= 15 is 0 Å². The van der Waals surface area contributed by atoms with Crippen molar-refractivity contribution in [2.45, 2.75) is 5.92 Å². The molecule has 0 amide bonds. The van der Waals surface area contributed by atoms with E-state index in [2.05, 4.69) is 161 Å². The van der Waals surface area contributed by atoms with Gasteiger partial charge in [0.05, 0.1) is 22.7 Å². The summed E-state index contributed by atoms with van der Waals surface area (Å²) in [5.74, 6) is 0.195. The topological polar surface area (TPSA) is 32.0 Å². The number of anilines is 3. The van der Waals surface area contributed by atoms with E-state index in [1.807, 2.05) is 24.3 Å². The summed E-state index contributed by atoms with van der Waals surface area (Å²) >= 11 is 0. The van der Waals surface area contributed by atoms with Gasteiger partial charge in [-0.1, -0.05) is 97.1 Å². The van der Waals surface area contributed by atoms with Gasteiger partial charge in [-0.2, -0.15) is 5.26 Å². The van der Waals surface area contributed by atoms with Crippen LogP contribution in [-0.4, -0.2) is 4.57 Å². The minimum absolute atomic E-state index is 0.195. The molecule has 1 aromatic heterocycles. The molecule has 1 heterocycles. The monoisotopic (exact) mass is 599 g/mol. The Morgan fingerprint density at radius 1 is 0.489 bits per heavy atom. The Kier molecular flexibility index (Phi) is 6.26. The summed E-state index contributed by atoms with van der Waals surface area (Å²) < 4.78 is 2.34. The van der Waals surface area contributed by atoms with Gasteiger partial charge in [0, 0.05) is 39.4 Å². The van der Waals surface area contributed by atoms with Crippen LogP contribution in [0, 0.1) is 11.3 Å². The van der Waals surface area contributed by atoms with Gasteiger partial charge in [-0.3, -0.25) is 0 Å². The molecule has 0 saturated carbocycles. The summed E-state index contributed by atoms with van der Waals surface area (Å²) in [7, 11) is 0. The maximum absolute atomic E-state index is 9.57. The minimum atomic E-state index is 0.195. The quantitative estimate of drug-likeness (QED) is 0.197. The van der Waals surface area contributed by atoms with E-state index in [9.17, 15) is 5.26 Å². The number of fused-ring (bicyclic) bond motifs is 6. The Labute approximate surface area is 273 Å². The molecule has 1 aliphatic carbocycles. The van der Waals surface area contributed by atoms with Crippen molar-refractivity contribution < 1.29 is 0 Å². The van der Waals surface area contributed by atoms with Gasteiger partial charge in [-0.15, -0.1) is 0 Å². The standard InChI is InChI=1S/C44H29N3/c45-29-30-19-21-33(22-20-30)46(34-23-25-39-40(27-34)36-15-7-8-17-38(36)44(39)31-11-3-1-4-12-31)35-24-26-43-41(28-35)37-16-9-10-18-42(37)47(43)32-13-5-2-6-14-32/h1-28,44H. The lowest BCUT2D eigenvalue weighted by Crippen LogP contribution is -2.10. The molecule has 9 rings (SSSR count). The second-order valence-corrected chi connectivity index (χ2v) is 12.1. The second kappa shape index (κ2) is 10.9. The van der Waals surface area contributed by atoms with Gasteiger partial charge in [0.2, 0.25) is 0 Å². The largest absolute Gasteiger partial charge is 0.310 e. The van der Waals surface area contributed by atoms with Crippen molar-refractivity contribution in [3.8, 4) is 22.9 Å². The van der Waals surface area contributed by atoms with Crippen LogP contribution in [0.3, 0.4) is 0 Å². The molecule has 47 heavy (non-hydrogen) atoms. The summed E-state index contributed by atoms with van der Waals surface area (Å²) in [4.78, 5) is 2.31. The zero-order valence-corrected chi connectivity index (χ0v) is 25.6. The van der Waals surface area contributed by atoms with E-state index in [-0.39, 0.29) is 5.92 Å². The van der Waals surface area contributed by atoms with Gasteiger partial charge in [0.25, 0.3) is 0 Å². The SMILES string of the molecule is N#Cc1ccc(N(c2ccc3c(c2)-c2ccccc2C3c2ccccc2)c2ccc3c(c2)c2ccccc2n3-c2ccccc2)cc1. The average Bonchev–Trinajstić information content (AvgIpc) is 3.65. The van der Waals surface area contributed by atoms with Crippen LogP contribution >= 0.6 is 0 Å². The van der Waals surface area contributed by atoms with Gasteiger partial charge in [-0.05, 0) is 101 Å². The fraction of sp³-hybridized carbons (Fsp3) is 0.0227. The predicted molar refractivity (Wildman–Crippen MR) is 193 cm³/mol. The number of nitrogens with zero attached hydrogens (tertiary/aromatic N) is 3. The van der Waals surface area contributed by atoms with Crippen molar-refractivity contribution in [3.63, 3.8) is 0 Å². The fourth-order valence-corrected chi connectivity index (χ4v) is 7.42. The third-order valence-corrected chi connectivity index (χ3v) is 9.48. The van der Waals surface area contributed by atoms with Crippen LogP contribution in [0.5, 0.6) is 0 Å². The third kappa shape index (κ3) is 4.35. The van der Waals surface area contributed by atoms with Gasteiger partial charge < -0.3 is 9.47 Å². The summed E-state index contributed by atoms with van der Waals surface area (Å²) in [6, 6.07) is 62.6. The second-order valence-electron chi connectivity index (χ2n) is 12.1. The Bertz CT molecular complexity index is 2470. The molecule has 0 bridgehead atoms. The Balaban J connectivity index is 1.26. The van der Waals surface area contributed by atoms with Gasteiger partial charge >= 0.3 is 0 Å². The fourth-order valence-electron chi connectivity index (χ4n) is 7.42. The molecule has 3 heteroatoms. The van der Waals surface area contributed by atoms with Crippen LogP contribution < -0.4 is 4.90 Å². The summed E-state index contributed by atoms with van der Waals surface area (Å²) in [6.07, 6.45) is 0. The molecule has 1 unspecified atom stereocenters. The molecule has 0 aliphatic heterocycles. The zero-order valence-electron chi connectivity index (χ0n) is 25.6. The predicted octanol–water partition coefficient (Wildman–Crippen LogP) is 11.3. The number of nitriles is 1. The molecule has 8 aromatic rings. The molecule has 1 atom stereocenters. The van der Waals surface area contributed by atoms with E-state index in [0.717, 1.165) is 28.3 Å². The maximum atomic E-state index is 9.57. The van der Waals surface area contributed by atoms with E-state index < -0.39 is 0 Å². The van der Waals surface area contributed by atoms with Crippen molar-refractivity contribution in [1.82, 2.24) is 4.57 Å². The first-order valence-corrected chi connectivity index (χ1v) is 16.0. The average molecular weight is 600 g/mol. The molecule has 0 spiro atoms. The molecular weight excluding hydrogens is 571 g/mol. The van der Waals surface area contributed by atoms with E-state index in [1.54, 1.807) is 0 Å². The van der Waals surface area contributed by atoms with Crippen molar-refractivity contribution >= 4 is 38.9 Å². The molecular formula is C44H29N3. The highest BCUT2D eigenvalue weighted by Crippen LogP contribution is 2.50. The maximum Gasteiger partial charge on any atom is 0.0991 e. The molecule has 220 valence electrons. The molecule has 3 nitrogen and oxygen atoms in total. The Morgan fingerprint density at radius 3 is 1.91 bits per heavy atom. The van der Waals surface area contributed by atoms with E-state index in [4.69, 9.17) is 0 Å². The Morgan fingerprint density at radius 2 is 1.11 bits per heavy atom. The summed E-state index contributed by atoms with van der Waals surface area (Å²) in [6.45, 7) is 0. The van der Waals surface area contributed by atoms with Crippen LogP contribution in [-0.2, 0) is 0 Å². The zero-order chi connectivity index (χ0) is 31.3. The number of hydrogen-bond donors (Lipinski definition) is 0. The lowest BCUT2D eigenvalue weighted by Gasteiger charge is -2.26. The lowest BCUT2D eigenvalue weighted by atomic mass is 9.89. The first-order chi connectivity index (χ1) is 23.3. The smallest absolute Gasteiger partial charge is 0.0991 e. The molecule has 0 N–H and O–H groups in total. The van der Waals surface area contributed by atoms with E-state index in [0.29, 0.717) is 5.56 Å². The Hall–Kier alpha value is -6.37. The normalized spacial score (nSPS) is 13.3. The van der Waals surface area contributed by atoms with E-state index in [1.165, 1.54) is 44.1 Å². The van der Waals surface area contributed by atoms with Crippen LogP contribution in [0.2, 0.25) is 0 Å². The van der Waals surface area contributed by atoms with Gasteiger partial charge in [-0.25, -0.2) is 0 Å². The molecule has 1 aliphatic rings. The summed E-state index contributed by atoms with van der Waals surface area (Å²) in [5.41, 5.74) is 13.7. The minimum Gasteiger partial charge on any atom is -0.310 e. The highest BCUT2D eigenvalue weighted by Gasteiger charge is 2.30. The number of aromatic nitrogens is 1. The molecule has 7 aromatic carbocycles. The molecule has 0 radical (unpaired) electrons. The number of rotatable bonds is 5. The van der Waals surface area contributed by atoms with Crippen molar-refractivity contribution in [2.24, 2.45) is 0 Å². The number of benzene rings is 7. The van der Waals surface area contributed by atoms with Crippen molar-refractivity contribution in [2.75, 3.05) is 4.90 Å². The highest BCUT2D eigenvalue weighted by atomic mass is 15.1. The summed E-state index contributed by atoms with van der Waals surface area (Å²) in [5, 5.41) is 12.0. The first-order valence-electron chi connectivity index (χ1n) is 16.0. The van der Waals surface area contributed by atoms with Crippen LogP contribution in [0.4, 0.5) is 17.1 Å². The van der Waals surface area contributed by atoms with Crippen LogP contribution in [0.1, 0.15) is 28.2 Å². The third-order valence-electron chi connectivity index (χ3n) is 9.48. The van der Waals surface area contributed by atoms with Crippen LogP contribution in [0.25, 0.3) is 38.6 Å². The van der Waals surface area contributed by atoms with Crippen molar-refractivity contribution in [1.29, 1.82) is 5.26 Å². The molecule has 0 saturated heterocycles. The lowest BCUT2D eigenvalue weighted by molar-refractivity contribution is 1.01. The van der Waals surface area contributed by atoms with Gasteiger partial charge in [0.15, 0.2) is 0 Å². The first kappa shape index (κ1) is 27.0. The highest BCUT2D eigenvalue weighted by molar-refractivity contribution is 6.10. The molecule has 0 fully saturated rings. The van der Waals surface area contributed by atoms with Gasteiger partial charge in [0.1, 0.15) is 0 Å². The van der Waals surface area contributed by atoms with Crippen molar-refractivity contribution in [3.05, 3.63) is 192 Å². The number of para-hydroxylation sites is 2.